The molecule has 2 aliphatic rings. The Labute approximate surface area is 135 Å². The van der Waals surface area contributed by atoms with E-state index in [1.54, 1.807) is 16.6 Å². The molecule has 1 aromatic rings. The fraction of sp³-hybridized carbons (Fsp3) is 0.667. The van der Waals surface area contributed by atoms with Crippen LogP contribution < -0.4 is 5.73 Å². The van der Waals surface area contributed by atoms with Gasteiger partial charge in [-0.05, 0) is 6.92 Å². The molecule has 2 unspecified atom stereocenters. The highest BCUT2D eigenvalue weighted by Crippen LogP contribution is 2.43. The minimum atomic E-state index is -0.974. The first-order valence-corrected chi connectivity index (χ1v) is 8.79. The fourth-order valence-electron chi connectivity index (χ4n) is 2.66. The van der Waals surface area contributed by atoms with Crippen molar-refractivity contribution in [3.8, 4) is 0 Å². The molecule has 2 saturated heterocycles. The van der Waals surface area contributed by atoms with Crippen LogP contribution in [0, 0.1) is 12.3 Å². The molecule has 3 heterocycles. The number of aliphatic carboxylic acids is 1. The molecule has 22 heavy (non-hydrogen) atoms. The third kappa shape index (κ3) is 2.29. The van der Waals surface area contributed by atoms with Gasteiger partial charge in [-0.25, -0.2) is 4.68 Å². The van der Waals surface area contributed by atoms with Crippen molar-refractivity contribution < 1.29 is 14.7 Å². The Morgan fingerprint density at radius 2 is 2.36 bits per heavy atom. The van der Waals surface area contributed by atoms with Crippen LogP contribution in [0.1, 0.15) is 5.69 Å². The first-order valence-electron chi connectivity index (χ1n) is 6.76. The summed E-state index contributed by atoms with van der Waals surface area (Å²) < 4.78 is 1.64. The van der Waals surface area contributed by atoms with E-state index in [4.69, 9.17) is 5.73 Å². The number of fused-ring (bicyclic) bond motifs is 1. The van der Waals surface area contributed by atoms with Crippen LogP contribution in [-0.4, -0.2) is 66.3 Å². The highest BCUT2D eigenvalue weighted by Gasteiger charge is 2.55. The third-order valence-electron chi connectivity index (χ3n) is 4.06. The van der Waals surface area contributed by atoms with Crippen LogP contribution in [0.3, 0.4) is 0 Å². The van der Waals surface area contributed by atoms with Gasteiger partial charge in [0.1, 0.15) is 21.9 Å². The number of carbonyl (C=O) groups excluding carboxylic acids is 1. The molecule has 2 fully saturated rings. The predicted molar refractivity (Wildman–Crippen MR) is 82.5 cm³/mol. The van der Waals surface area contributed by atoms with Crippen molar-refractivity contribution in [3.63, 3.8) is 0 Å². The number of thioether (sulfide) groups is 2. The molecule has 1 amide bonds. The first kappa shape index (κ1) is 15.6. The van der Waals surface area contributed by atoms with Crippen LogP contribution in [0.15, 0.2) is 5.03 Å². The summed E-state index contributed by atoms with van der Waals surface area (Å²) in [6.45, 7) is 2.05. The summed E-state index contributed by atoms with van der Waals surface area (Å²) in [5.41, 5.74) is 5.55. The van der Waals surface area contributed by atoms with E-state index in [0.717, 1.165) is 10.7 Å². The molecule has 10 heteroatoms. The van der Waals surface area contributed by atoms with Crippen molar-refractivity contribution >= 4 is 35.4 Å². The summed E-state index contributed by atoms with van der Waals surface area (Å²) in [5.74, 6) is -0.233. The maximum absolute atomic E-state index is 11.8. The molecule has 3 atom stereocenters. The van der Waals surface area contributed by atoms with Crippen LogP contribution in [-0.2, 0) is 16.6 Å². The number of nitrogens with two attached hydrogens (primary N) is 1. The SMILES string of the molecule is Cc1nnn(C)c1SCC1(C(=O)O)CS[C@@H]2C(N)C(=O)N2C1. The van der Waals surface area contributed by atoms with Gasteiger partial charge < -0.3 is 15.7 Å². The fourth-order valence-corrected chi connectivity index (χ4v) is 5.48. The van der Waals surface area contributed by atoms with E-state index in [0.29, 0.717) is 11.5 Å². The van der Waals surface area contributed by atoms with Crippen molar-refractivity contribution in [1.82, 2.24) is 19.9 Å². The quantitative estimate of drug-likeness (QED) is 0.557. The zero-order chi connectivity index (χ0) is 16.1. The van der Waals surface area contributed by atoms with E-state index in [-0.39, 0.29) is 17.8 Å². The molecule has 1 aromatic heterocycles. The second-order valence-electron chi connectivity index (χ2n) is 5.67. The monoisotopic (exact) mass is 343 g/mol. The number of aryl methyl sites for hydroxylation is 2. The second-order valence-corrected chi connectivity index (χ2v) is 7.74. The van der Waals surface area contributed by atoms with Crippen LogP contribution >= 0.6 is 23.5 Å². The highest BCUT2D eigenvalue weighted by molar-refractivity contribution is 8.00. The van der Waals surface area contributed by atoms with Gasteiger partial charge >= 0.3 is 5.97 Å². The van der Waals surface area contributed by atoms with Crippen molar-refractivity contribution in [2.45, 2.75) is 23.4 Å². The van der Waals surface area contributed by atoms with E-state index in [1.807, 2.05) is 6.92 Å². The van der Waals surface area contributed by atoms with Crippen molar-refractivity contribution in [2.75, 3.05) is 18.1 Å². The van der Waals surface area contributed by atoms with Crippen LogP contribution in [0.5, 0.6) is 0 Å². The summed E-state index contributed by atoms with van der Waals surface area (Å²) in [6.07, 6.45) is 0. The Kier molecular flexibility index (Phi) is 3.86. The molecule has 0 radical (unpaired) electrons. The van der Waals surface area contributed by atoms with Gasteiger partial charge in [0.2, 0.25) is 5.91 Å². The lowest BCUT2D eigenvalue weighted by molar-refractivity contribution is -0.155. The molecule has 3 rings (SSSR count). The molecule has 0 saturated carbocycles. The first-order chi connectivity index (χ1) is 10.4. The number of carboxylic acid groups (broad SMARTS) is 1. The number of nitrogens with zero attached hydrogens (tertiary/aromatic N) is 4. The van der Waals surface area contributed by atoms with Gasteiger partial charge in [-0.1, -0.05) is 5.21 Å². The number of rotatable bonds is 4. The summed E-state index contributed by atoms with van der Waals surface area (Å²) in [6, 6.07) is -0.493. The van der Waals surface area contributed by atoms with Crippen molar-refractivity contribution in [3.05, 3.63) is 5.69 Å². The van der Waals surface area contributed by atoms with Crippen LogP contribution in [0.4, 0.5) is 0 Å². The average Bonchev–Trinajstić information content (AvgIpc) is 2.82. The van der Waals surface area contributed by atoms with Crippen LogP contribution in [0.25, 0.3) is 0 Å². The van der Waals surface area contributed by atoms with Gasteiger partial charge in [0.05, 0.1) is 5.69 Å². The van der Waals surface area contributed by atoms with Gasteiger partial charge in [0.25, 0.3) is 0 Å². The lowest BCUT2D eigenvalue weighted by Crippen LogP contribution is -2.72. The van der Waals surface area contributed by atoms with Gasteiger partial charge in [-0.2, -0.15) is 0 Å². The van der Waals surface area contributed by atoms with E-state index in [9.17, 15) is 14.7 Å². The lowest BCUT2D eigenvalue weighted by Gasteiger charge is -2.52. The smallest absolute Gasteiger partial charge is 0.313 e. The topological polar surface area (TPSA) is 114 Å². The van der Waals surface area contributed by atoms with Crippen molar-refractivity contribution in [2.24, 2.45) is 18.2 Å². The number of carboxylic acids is 1. The number of amides is 1. The summed E-state index contributed by atoms with van der Waals surface area (Å²) >= 11 is 2.87. The predicted octanol–water partition coefficient (Wildman–Crippen LogP) is -0.471. The van der Waals surface area contributed by atoms with E-state index < -0.39 is 17.4 Å². The normalized spacial score (nSPS) is 30.9. The lowest BCUT2D eigenvalue weighted by atomic mass is 9.89. The Morgan fingerprint density at radius 3 is 2.95 bits per heavy atom. The summed E-state index contributed by atoms with van der Waals surface area (Å²) in [5, 5.41) is 18.4. The molecule has 0 aromatic carbocycles. The van der Waals surface area contributed by atoms with E-state index >= 15 is 0 Å². The van der Waals surface area contributed by atoms with Crippen molar-refractivity contribution in [1.29, 1.82) is 0 Å². The minimum absolute atomic E-state index is 0.0786. The Hall–Kier alpha value is -1.26. The van der Waals surface area contributed by atoms with Gasteiger partial charge in [0, 0.05) is 25.1 Å². The van der Waals surface area contributed by atoms with Crippen LogP contribution in [0.2, 0.25) is 0 Å². The molecule has 3 N–H and O–H groups in total. The number of hydrogen-bond acceptors (Lipinski definition) is 7. The zero-order valence-corrected chi connectivity index (χ0v) is 13.9. The van der Waals surface area contributed by atoms with Gasteiger partial charge in [-0.15, -0.1) is 28.6 Å². The summed E-state index contributed by atoms with van der Waals surface area (Å²) in [4.78, 5) is 25.2. The maximum Gasteiger partial charge on any atom is 0.313 e. The molecular formula is C12H17N5O3S2. The molecule has 120 valence electrons. The zero-order valence-electron chi connectivity index (χ0n) is 12.2. The molecule has 2 aliphatic heterocycles. The molecule has 0 bridgehead atoms. The minimum Gasteiger partial charge on any atom is -0.481 e. The standard InChI is InChI=1S/C12H17N5O3S2/c1-6-9(16(2)15-14-6)21-4-12(11(19)20)3-17-8(18)7(13)10(17)22-5-12/h7,10H,3-5,13H2,1-2H3,(H,19,20)/t7?,10-,12?/m1/s1. The summed E-state index contributed by atoms with van der Waals surface area (Å²) in [7, 11) is 1.78. The van der Waals surface area contributed by atoms with Gasteiger partial charge in [0.15, 0.2) is 0 Å². The molecular weight excluding hydrogens is 326 g/mol. The Morgan fingerprint density at radius 1 is 1.64 bits per heavy atom. The van der Waals surface area contributed by atoms with E-state index in [1.165, 1.54) is 23.5 Å². The molecule has 0 spiro atoms. The number of hydrogen-bond donors (Lipinski definition) is 2. The highest BCUT2D eigenvalue weighted by atomic mass is 32.2. The average molecular weight is 343 g/mol. The molecule has 8 nitrogen and oxygen atoms in total. The number of aromatic nitrogens is 3. The third-order valence-corrected chi connectivity index (χ3v) is 7.20. The largest absolute Gasteiger partial charge is 0.481 e. The Bertz CT molecular complexity index is 617. The Balaban J connectivity index is 1.76. The second kappa shape index (κ2) is 5.43. The van der Waals surface area contributed by atoms with E-state index in [2.05, 4.69) is 10.3 Å². The molecule has 0 aliphatic carbocycles. The number of β-lactam (4-membered cyclic amide) rings is 1. The van der Waals surface area contributed by atoms with Gasteiger partial charge in [-0.3, -0.25) is 9.59 Å². The maximum atomic E-state index is 11.8. The number of carbonyl (C=O) groups is 2.